The fourth-order valence-electron chi connectivity index (χ4n) is 3.20. The zero-order valence-electron chi connectivity index (χ0n) is 15.3. The Balaban J connectivity index is 1.67. The number of amides is 1. The number of benzene rings is 3. The van der Waals surface area contributed by atoms with Crippen LogP contribution in [-0.2, 0) is 4.79 Å². The van der Waals surface area contributed by atoms with E-state index >= 15 is 0 Å². The molecule has 3 aromatic rings. The van der Waals surface area contributed by atoms with Crippen LogP contribution in [-0.4, -0.2) is 18.2 Å². The minimum absolute atomic E-state index is 0.121. The molecule has 1 heterocycles. The van der Waals surface area contributed by atoms with Crippen LogP contribution in [0.25, 0.3) is 16.8 Å². The van der Waals surface area contributed by atoms with Crippen LogP contribution in [0.15, 0.2) is 77.4 Å². The van der Waals surface area contributed by atoms with Gasteiger partial charge in [0.05, 0.1) is 23.6 Å². The molecule has 27 heavy (non-hydrogen) atoms. The molecule has 3 aromatic carbocycles. The molecule has 134 valence electrons. The van der Waals surface area contributed by atoms with Crippen molar-refractivity contribution in [1.29, 1.82) is 0 Å². The van der Waals surface area contributed by atoms with Gasteiger partial charge in [0, 0.05) is 0 Å². The number of hydrogen-bond donors (Lipinski definition) is 0. The Morgan fingerprint density at radius 1 is 1.00 bits per heavy atom. The molecular weight excluding hydrogens is 336 g/mol. The molecular formula is C23H20N2O2. The van der Waals surface area contributed by atoms with Gasteiger partial charge < -0.3 is 4.74 Å². The lowest BCUT2D eigenvalue weighted by Crippen LogP contribution is -2.21. The summed E-state index contributed by atoms with van der Waals surface area (Å²) >= 11 is 0. The number of anilines is 1. The van der Waals surface area contributed by atoms with Crippen LogP contribution in [0.2, 0.25) is 0 Å². The van der Waals surface area contributed by atoms with Gasteiger partial charge >= 0.3 is 0 Å². The lowest BCUT2D eigenvalue weighted by Gasteiger charge is -2.12. The van der Waals surface area contributed by atoms with Gasteiger partial charge in [0.25, 0.3) is 5.91 Å². The molecule has 0 saturated carbocycles. The van der Waals surface area contributed by atoms with Crippen molar-refractivity contribution < 1.29 is 9.53 Å². The molecule has 0 aliphatic carbocycles. The molecule has 0 radical (unpaired) electrons. The highest BCUT2D eigenvalue weighted by Gasteiger charge is 2.28. The molecule has 0 bridgehead atoms. The van der Waals surface area contributed by atoms with E-state index < -0.39 is 0 Å². The van der Waals surface area contributed by atoms with Crippen LogP contribution in [0.3, 0.4) is 0 Å². The normalized spacial score (nSPS) is 15.5. The molecule has 0 aromatic heterocycles. The maximum absolute atomic E-state index is 13.0. The van der Waals surface area contributed by atoms with Crippen LogP contribution in [0.5, 0.6) is 5.75 Å². The minimum Gasteiger partial charge on any atom is -0.494 e. The van der Waals surface area contributed by atoms with E-state index in [0.717, 1.165) is 27.8 Å². The van der Waals surface area contributed by atoms with E-state index in [2.05, 4.69) is 11.2 Å². The third-order valence-electron chi connectivity index (χ3n) is 4.52. The number of hydrogen-bond acceptors (Lipinski definition) is 3. The van der Waals surface area contributed by atoms with E-state index in [0.29, 0.717) is 17.9 Å². The monoisotopic (exact) mass is 356 g/mol. The summed E-state index contributed by atoms with van der Waals surface area (Å²) in [7, 11) is 0. The number of rotatable bonds is 4. The zero-order valence-corrected chi connectivity index (χ0v) is 15.3. The minimum atomic E-state index is -0.121. The molecule has 4 rings (SSSR count). The highest BCUT2D eigenvalue weighted by atomic mass is 16.5. The molecule has 1 amide bonds. The van der Waals surface area contributed by atoms with E-state index in [1.807, 2.05) is 80.6 Å². The van der Waals surface area contributed by atoms with Crippen molar-refractivity contribution in [3.05, 3.63) is 77.9 Å². The maximum atomic E-state index is 13.0. The van der Waals surface area contributed by atoms with E-state index in [4.69, 9.17) is 4.74 Å². The van der Waals surface area contributed by atoms with E-state index in [9.17, 15) is 4.79 Å². The summed E-state index contributed by atoms with van der Waals surface area (Å²) < 4.78 is 5.54. The number of nitrogens with zero attached hydrogens (tertiary/aromatic N) is 2. The summed E-state index contributed by atoms with van der Waals surface area (Å²) in [5.41, 5.74) is 2.98. The van der Waals surface area contributed by atoms with E-state index in [1.54, 1.807) is 0 Å². The molecule has 1 aliphatic heterocycles. The number of fused-ring (bicyclic) bond motifs is 1. The van der Waals surface area contributed by atoms with Crippen molar-refractivity contribution >= 4 is 34.2 Å². The summed E-state index contributed by atoms with van der Waals surface area (Å²) in [5, 5.41) is 8.17. The van der Waals surface area contributed by atoms with Crippen molar-refractivity contribution in [2.45, 2.75) is 13.8 Å². The van der Waals surface area contributed by atoms with E-state index in [-0.39, 0.29) is 5.91 Å². The number of hydrazone groups is 1. The molecule has 0 spiro atoms. The van der Waals surface area contributed by atoms with Gasteiger partial charge in [-0.05, 0) is 60.5 Å². The lowest BCUT2D eigenvalue weighted by molar-refractivity contribution is -0.114. The van der Waals surface area contributed by atoms with Gasteiger partial charge in [-0.1, -0.05) is 42.5 Å². The van der Waals surface area contributed by atoms with Crippen LogP contribution >= 0.6 is 0 Å². The average Bonchev–Trinajstić information content (AvgIpc) is 2.96. The van der Waals surface area contributed by atoms with Crippen LogP contribution in [0.1, 0.15) is 19.4 Å². The second-order valence-electron chi connectivity index (χ2n) is 6.40. The van der Waals surface area contributed by atoms with Crippen molar-refractivity contribution in [2.75, 3.05) is 11.6 Å². The summed E-state index contributed by atoms with van der Waals surface area (Å²) in [6.45, 7) is 4.41. The molecule has 0 atom stereocenters. The lowest BCUT2D eigenvalue weighted by atomic mass is 10.1. The van der Waals surface area contributed by atoms with Gasteiger partial charge in [-0.15, -0.1) is 0 Å². The van der Waals surface area contributed by atoms with Crippen molar-refractivity contribution in [1.82, 2.24) is 0 Å². The first-order valence-electron chi connectivity index (χ1n) is 8.99. The van der Waals surface area contributed by atoms with Crippen molar-refractivity contribution in [3.63, 3.8) is 0 Å². The maximum Gasteiger partial charge on any atom is 0.280 e. The molecule has 4 heteroatoms. The molecule has 0 saturated heterocycles. The standard InChI is InChI=1S/C23H20N2O2/c1-3-27-21-10-6-7-17(13-21)14-22-16(2)24-25(23(22)26)20-12-11-18-8-4-5-9-19(18)15-20/h4-15H,3H2,1-2H3/b22-14+. The topological polar surface area (TPSA) is 41.9 Å². The Hall–Kier alpha value is -3.40. The Morgan fingerprint density at radius 3 is 2.63 bits per heavy atom. The smallest absolute Gasteiger partial charge is 0.280 e. The zero-order chi connectivity index (χ0) is 18.8. The van der Waals surface area contributed by atoms with Crippen LogP contribution in [0.4, 0.5) is 5.69 Å². The predicted molar refractivity (Wildman–Crippen MR) is 110 cm³/mol. The van der Waals surface area contributed by atoms with Gasteiger partial charge in [0.1, 0.15) is 5.75 Å². The first kappa shape index (κ1) is 17.0. The Labute approximate surface area is 158 Å². The average molecular weight is 356 g/mol. The fourth-order valence-corrected chi connectivity index (χ4v) is 3.20. The molecule has 0 N–H and O–H groups in total. The fraction of sp³-hybridized carbons (Fsp3) is 0.130. The Bertz CT molecular complexity index is 1080. The SMILES string of the molecule is CCOc1cccc(/C=C2/C(=O)N(c3ccc4ccccc4c3)N=C2C)c1. The van der Waals surface area contributed by atoms with Gasteiger partial charge in [0.15, 0.2) is 0 Å². The number of ether oxygens (including phenoxy) is 1. The van der Waals surface area contributed by atoms with Crippen molar-refractivity contribution in [3.8, 4) is 5.75 Å². The summed E-state index contributed by atoms with van der Waals surface area (Å²) in [5.74, 6) is 0.669. The first-order chi connectivity index (χ1) is 13.2. The third-order valence-corrected chi connectivity index (χ3v) is 4.52. The Morgan fingerprint density at radius 2 is 1.81 bits per heavy atom. The van der Waals surface area contributed by atoms with Gasteiger partial charge in [-0.3, -0.25) is 4.79 Å². The summed E-state index contributed by atoms with van der Waals surface area (Å²) in [6, 6.07) is 21.7. The molecule has 0 fully saturated rings. The van der Waals surface area contributed by atoms with E-state index in [1.165, 1.54) is 5.01 Å². The van der Waals surface area contributed by atoms with Crippen molar-refractivity contribution in [2.24, 2.45) is 5.10 Å². The van der Waals surface area contributed by atoms with Gasteiger partial charge in [-0.25, -0.2) is 0 Å². The second-order valence-corrected chi connectivity index (χ2v) is 6.40. The largest absolute Gasteiger partial charge is 0.494 e. The van der Waals surface area contributed by atoms with Gasteiger partial charge in [0.2, 0.25) is 0 Å². The molecule has 0 unspecified atom stereocenters. The van der Waals surface area contributed by atoms with Crippen LogP contribution in [0, 0.1) is 0 Å². The quantitative estimate of drug-likeness (QED) is 0.614. The highest BCUT2D eigenvalue weighted by molar-refractivity contribution is 6.32. The highest BCUT2D eigenvalue weighted by Crippen LogP contribution is 2.28. The predicted octanol–water partition coefficient (Wildman–Crippen LogP) is 5.04. The molecule has 4 nitrogen and oxygen atoms in total. The van der Waals surface area contributed by atoms with Crippen LogP contribution < -0.4 is 9.75 Å². The number of carbonyl (C=O) groups is 1. The summed E-state index contributed by atoms with van der Waals surface area (Å²) in [4.78, 5) is 13.0. The van der Waals surface area contributed by atoms with Gasteiger partial charge in [-0.2, -0.15) is 10.1 Å². The number of carbonyl (C=O) groups excluding carboxylic acids is 1. The Kier molecular flexibility index (Phi) is 4.47. The summed E-state index contributed by atoms with van der Waals surface area (Å²) in [6.07, 6.45) is 1.87. The third kappa shape index (κ3) is 3.34. The second kappa shape index (κ2) is 7.08. The molecule has 1 aliphatic rings. The first-order valence-corrected chi connectivity index (χ1v) is 8.99.